The molecule has 7 atom stereocenters. The minimum Gasteiger partial charge on any atom is -0.495 e. The van der Waals surface area contributed by atoms with Gasteiger partial charge in [0, 0.05) is 48.6 Å². The van der Waals surface area contributed by atoms with Gasteiger partial charge in [0.05, 0.1) is 24.7 Å². The van der Waals surface area contributed by atoms with Crippen LogP contribution in [0.15, 0.2) is 59.1 Å². The monoisotopic (exact) mass is 677 g/mol. The standard InChI is InChI=1S/C35H40BrN3O6/c1-5-33-13-8-15-39-16-14-34(29(33)39)23-18-24(36)27(44-3)19-26(23)38(2)30(34)35(43,31(33)41)32(42)37-25(28(40)45-4)17-21-12-11-20-9-6-7-10-22(20)21/h6-10,12-13,18-19,25,29-31,41,43H,5,11,14-17H2,1-4H3,(H,37,42)/t25?,29-,30+,31-,33+,34+,35+/m1/s1. The van der Waals surface area contributed by atoms with Crippen LogP contribution in [0.25, 0.3) is 5.57 Å². The van der Waals surface area contributed by atoms with Crippen LogP contribution >= 0.6 is 15.9 Å². The fraction of sp³-hybridized carbons (Fsp3) is 0.486. The molecule has 0 bridgehead atoms. The van der Waals surface area contributed by atoms with Crippen molar-refractivity contribution in [2.75, 3.05) is 39.3 Å². The van der Waals surface area contributed by atoms with Gasteiger partial charge in [0.15, 0.2) is 5.60 Å². The third-order valence-electron chi connectivity index (χ3n) is 11.4. The van der Waals surface area contributed by atoms with Crippen molar-refractivity contribution in [3.63, 3.8) is 0 Å². The first-order valence-corrected chi connectivity index (χ1v) is 16.5. The number of hydrogen-bond donors (Lipinski definition) is 3. The number of aliphatic hydroxyl groups is 2. The maximum Gasteiger partial charge on any atom is 0.328 e. The lowest BCUT2D eigenvalue weighted by Crippen LogP contribution is -2.82. The number of nitrogens with zero attached hydrogens (tertiary/aromatic N) is 2. The van der Waals surface area contributed by atoms with Crippen molar-refractivity contribution in [3.8, 4) is 5.75 Å². The Kier molecular flexibility index (Phi) is 7.24. The van der Waals surface area contributed by atoms with Crippen molar-refractivity contribution in [1.82, 2.24) is 10.2 Å². The lowest BCUT2D eigenvalue weighted by Gasteiger charge is -2.63. The van der Waals surface area contributed by atoms with E-state index in [4.69, 9.17) is 9.47 Å². The Morgan fingerprint density at radius 3 is 2.71 bits per heavy atom. The molecule has 0 aromatic heterocycles. The van der Waals surface area contributed by atoms with E-state index >= 15 is 0 Å². The van der Waals surface area contributed by atoms with E-state index in [0.717, 1.165) is 51.9 Å². The molecule has 0 radical (unpaired) electrons. The van der Waals surface area contributed by atoms with Crippen molar-refractivity contribution in [2.45, 2.75) is 67.9 Å². The zero-order chi connectivity index (χ0) is 31.9. The summed E-state index contributed by atoms with van der Waals surface area (Å²) in [6.07, 6.45) is 6.82. The van der Waals surface area contributed by atoms with Crippen LogP contribution in [-0.2, 0) is 26.2 Å². The highest BCUT2D eigenvalue weighted by Crippen LogP contribution is 2.67. The van der Waals surface area contributed by atoms with Gasteiger partial charge < -0.3 is 29.9 Å². The lowest BCUT2D eigenvalue weighted by molar-refractivity contribution is -0.204. The highest BCUT2D eigenvalue weighted by atomic mass is 79.9. The molecule has 1 saturated carbocycles. The SMILES string of the molecule is CC[C@@]12C=CCN3CC[C@]4(c5cc(Br)c(OC)cc5N(C)[C@@H]4[C@@](O)(C(=O)NC(CC4=CCc5ccccc54)C(=O)OC)[C@@H]1O)[C@H]32. The smallest absolute Gasteiger partial charge is 0.328 e. The van der Waals surface area contributed by atoms with Gasteiger partial charge >= 0.3 is 5.97 Å². The van der Waals surface area contributed by atoms with Crippen LogP contribution in [0.5, 0.6) is 5.75 Å². The second kappa shape index (κ2) is 10.7. The number of carbonyl (C=O) groups is 2. The average Bonchev–Trinajstić information content (AvgIpc) is 3.72. The van der Waals surface area contributed by atoms with E-state index < -0.39 is 46.5 Å². The summed E-state index contributed by atoms with van der Waals surface area (Å²) in [6, 6.07) is 9.95. The molecule has 3 N–H and O–H groups in total. The summed E-state index contributed by atoms with van der Waals surface area (Å²) in [7, 11) is 4.77. The molecule has 2 aromatic carbocycles. The fourth-order valence-corrected chi connectivity index (χ4v) is 10.1. The van der Waals surface area contributed by atoms with E-state index in [2.05, 4.69) is 44.4 Å². The number of carbonyl (C=O) groups excluding carboxylic acids is 2. The van der Waals surface area contributed by atoms with Crippen molar-refractivity contribution < 1.29 is 29.3 Å². The Balaban J connectivity index is 1.35. The molecule has 2 aromatic rings. The Morgan fingerprint density at radius 1 is 1.20 bits per heavy atom. The van der Waals surface area contributed by atoms with E-state index in [1.165, 1.54) is 7.11 Å². The third kappa shape index (κ3) is 3.95. The number of methoxy groups -OCH3 is 2. The summed E-state index contributed by atoms with van der Waals surface area (Å²) < 4.78 is 11.6. The molecule has 2 aliphatic carbocycles. The van der Waals surface area contributed by atoms with Gasteiger partial charge in [0.25, 0.3) is 5.91 Å². The van der Waals surface area contributed by atoms with Crippen LogP contribution in [0.4, 0.5) is 5.69 Å². The summed E-state index contributed by atoms with van der Waals surface area (Å²) in [5.74, 6) is -0.752. The molecule has 3 heterocycles. The number of aliphatic hydroxyl groups excluding tert-OH is 1. The minimum absolute atomic E-state index is 0.159. The molecule has 10 heteroatoms. The molecule has 7 rings (SSSR count). The van der Waals surface area contributed by atoms with E-state index in [1.807, 2.05) is 55.3 Å². The van der Waals surface area contributed by atoms with E-state index in [9.17, 15) is 19.8 Å². The second-order valence-electron chi connectivity index (χ2n) is 13.1. The summed E-state index contributed by atoms with van der Waals surface area (Å²) in [5, 5.41) is 28.4. The predicted molar refractivity (Wildman–Crippen MR) is 174 cm³/mol. The molecule has 3 aliphatic heterocycles. The van der Waals surface area contributed by atoms with Gasteiger partial charge in [-0.1, -0.05) is 49.4 Å². The summed E-state index contributed by atoms with van der Waals surface area (Å²) in [4.78, 5) is 32.3. The van der Waals surface area contributed by atoms with Crippen LogP contribution in [-0.4, -0.2) is 91.2 Å². The van der Waals surface area contributed by atoms with E-state index in [-0.39, 0.29) is 12.5 Å². The maximum atomic E-state index is 14.8. The normalized spacial score (nSPS) is 33.1. The number of halogens is 1. The lowest BCUT2D eigenvalue weighted by atomic mass is 9.47. The maximum absolute atomic E-state index is 14.8. The Morgan fingerprint density at radius 2 is 1.98 bits per heavy atom. The Labute approximate surface area is 272 Å². The van der Waals surface area contributed by atoms with Crippen LogP contribution in [0.2, 0.25) is 0 Å². The number of ether oxygens (including phenoxy) is 2. The molecular weight excluding hydrogens is 638 g/mol. The highest BCUT2D eigenvalue weighted by Gasteiger charge is 2.78. The zero-order valence-corrected chi connectivity index (χ0v) is 27.6. The number of esters is 1. The number of rotatable bonds is 7. The number of amides is 1. The van der Waals surface area contributed by atoms with Gasteiger partial charge in [-0.05, 0) is 70.1 Å². The number of allylic oxidation sites excluding steroid dienone is 1. The summed E-state index contributed by atoms with van der Waals surface area (Å²) in [6.45, 7) is 3.50. The first-order valence-electron chi connectivity index (χ1n) is 15.7. The number of likely N-dealkylation sites (N-methyl/N-ethyl adjacent to an activating group) is 1. The number of fused-ring (bicyclic) bond motifs is 2. The first kappa shape index (κ1) is 30.5. The van der Waals surface area contributed by atoms with Crippen LogP contribution in [0.3, 0.4) is 0 Å². The largest absolute Gasteiger partial charge is 0.495 e. The topological polar surface area (TPSA) is 112 Å². The van der Waals surface area contributed by atoms with Crippen LogP contribution < -0.4 is 15.0 Å². The molecule has 1 amide bonds. The van der Waals surface area contributed by atoms with Gasteiger partial charge in [0.2, 0.25) is 0 Å². The molecule has 2 fully saturated rings. The zero-order valence-electron chi connectivity index (χ0n) is 26.0. The van der Waals surface area contributed by atoms with Gasteiger partial charge in [-0.25, -0.2) is 4.79 Å². The molecule has 238 valence electrons. The van der Waals surface area contributed by atoms with Crippen LogP contribution in [0.1, 0.15) is 42.9 Å². The molecule has 5 aliphatic rings. The van der Waals surface area contributed by atoms with E-state index in [0.29, 0.717) is 18.6 Å². The summed E-state index contributed by atoms with van der Waals surface area (Å²) >= 11 is 3.69. The Bertz CT molecular complexity index is 1640. The van der Waals surface area contributed by atoms with Crippen LogP contribution in [0, 0.1) is 5.41 Å². The van der Waals surface area contributed by atoms with Gasteiger partial charge in [-0.3, -0.25) is 9.69 Å². The molecule has 1 unspecified atom stereocenters. The van der Waals surface area contributed by atoms with Crippen molar-refractivity contribution in [2.24, 2.45) is 5.41 Å². The molecule has 1 saturated heterocycles. The van der Waals surface area contributed by atoms with Gasteiger partial charge in [-0.15, -0.1) is 0 Å². The molecule has 45 heavy (non-hydrogen) atoms. The highest BCUT2D eigenvalue weighted by molar-refractivity contribution is 9.10. The number of nitrogens with one attached hydrogen (secondary N) is 1. The molecule has 9 nitrogen and oxygen atoms in total. The summed E-state index contributed by atoms with van der Waals surface area (Å²) in [5.41, 5.74) is 1.08. The van der Waals surface area contributed by atoms with Gasteiger partial charge in [-0.2, -0.15) is 0 Å². The number of anilines is 1. The van der Waals surface area contributed by atoms with E-state index in [1.54, 1.807) is 7.11 Å². The first-order chi connectivity index (χ1) is 21.6. The van der Waals surface area contributed by atoms with Crippen molar-refractivity contribution in [1.29, 1.82) is 0 Å². The Hall–Kier alpha value is -3.18. The molecular formula is C35H40BrN3O6. The minimum atomic E-state index is -2.29. The predicted octanol–water partition coefficient (Wildman–Crippen LogP) is 3.35. The quantitative estimate of drug-likeness (QED) is 0.302. The average molecular weight is 679 g/mol. The number of benzene rings is 2. The van der Waals surface area contributed by atoms with Crippen molar-refractivity contribution >= 4 is 39.1 Å². The van der Waals surface area contributed by atoms with Crippen molar-refractivity contribution in [3.05, 3.63) is 75.8 Å². The van der Waals surface area contributed by atoms with Gasteiger partial charge in [0.1, 0.15) is 17.9 Å². The molecule has 1 spiro atoms. The third-order valence-corrected chi connectivity index (χ3v) is 12.1. The fourth-order valence-electron chi connectivity index (χ4n) is 9.62. The number of hydrogen-bond acceptors (Lipinski definition) is 8. The second-order valence-corrected chi connectivity index (χ2v) is 14.0.